The van der Waals surface area contributed by atoms with E-state index in [2.05, 4.69) is 5.32 Å². The van der Waals surface area contributed by atoms with Crippen LogP contribution >= 0.6 is 0 Å². The van der Waals surface area contributed by atoms with E-state index in [1.165, 1.54) is 6.08 Å². The number of anilines is 1. The maximum atomic E-state index is 12.3. The molecule has 0 aliphatic heterocycles. The lowest BCUT2D eigenvalue weighted by Crippen LogP contribution is -2.07. The lowest BCUT2D eigenvalue weighted by molar-refractivity contribution is -0.111. The molecule has 0 saturated carbocycles. The molecule has 0 atom stereocenters. The summed E-state index contributed by atoms with van der Waals surface area (Å²) >= 11 is 0. The van der Waals surface area contributed by atoms with Crippen LogP contribution in [0.5, 0.6) is 28.7 Å². The van der Waals surface area contributed by atoms with E-state index < -0.39 is 0 Å². The predicted molar refractivity (Wildman–Crippen MR) is 121 cm³/mol. The van der Waals surface area contributed by atoms with Crippen molar-refractivity contribution in [3.63, 3.8) is 0 Å². The van der Waals surface area contributed by atoms with E-state index in [1.807, 2.05) is 43.3 Å². The second-order valence-electron chi connectivity index (χ2n) is 6.46. The van der Waals surface area contributed by atoms with Gasteiger partial charge in [-0.15, -0.1) is 0 Å². The summed E-state index contributed by atoms with van der Waals surface area (Å²) in [7, 11) is 3.16. The van der Waals surface area contributed by atoms with E-state index in [1.54, 1.807) is 50.6 Å². The molecule has 0 saturated heterocycles. The Bertz CT molecular complexity index is 1030. The normalized spacial score (nSPS) is 10.5. The Morgan fingerprint density at radius 2 is 1.45 bits per heavy atom. The number of benzene rings is 3. The van der Waals surface area contributed by atoms with Crippen LogP contribution in [0.2, 0.25) is 0 Å². The second-order valence-corrected chi connectivity index (χ2v) is 6.46. The van der Waals surface area contributed by atoms with Gasteiger partial charge in [-0.3, -0.25) is 4.79 Å². The van der Waals surface area contributed by atoms with E-state index in [-0.39, 0.29) is 5.91 Å². The zero-order valence-electron chi connectivity index (χ0n) is 17.8. The zero-order valence-corrected chi connectivity index (χ0v) is 17.8. The van der Waals surface area contributed by atoms with Gasteiger partial charge in [0, 0.05) is 23.4 Å². The van der Waals surface area contributed by atoms with Crippen molar-refractivity contribution in [1.29, 1.82) is 0 Å². The quantitative estimate of drug-likeness (QED) is 0.461. The Kier molecular flexibility index (Phi) is 7.54. The van der Waals surface area contributed by atoms with Gasteiger partial charge in [0.2, 0.25) is 5.91 Å². The van der Waals surface area contributed by atoms with Crippen LogP contribution in [0.25, 0.3) is 6.08 Å². The molecule has 6 heteroatoms. The van der Waals surface area contributed by atoms with Gasteiger partial charge in [-0.25, -0.2) is 0 Å². The Balaban J connectivity index is 1.58. The molecule has 160 valence electrons. The van der Waals surface area contributed by atoms with Crippen LogP contribution in [0.3, 0.4) is 0 Å². The molecule has 0 fully saturated rings. The van der Waals surface area contributed by atoms with Crippen molar-refractivity contribution in [2.24, 2.45) is 0 Å². The summed E-state index contributed by atoms with van der Waals surface area (Å²) in [6.07, 6.45) is 3.14. The van der Waals surface area contributed by atoms with Crippen molar-refractivity contribution in [2.75, 3.05) is 26.1 Å². The largest absolute Gasteiger partial charge is 0.497 e. The molecular weight excluding hydrogens is 394 g/mol. The van der Waals surface area contributed by atoms with Crippen LogP contribution in [0.1, 0.15) is 12.5 Å². The first-order valence-electron chi connectivity index (χ1n) is 9.83. The summed E-state index contributed by atoms with van der Waals surface area (Å²) in [4.78, 5) is 12.3. The third-order valence-electron chi connectivity index (χ3n) is 4.35. The summed E-state index contributed by atoms with van der Waals surface area (Å²) in [5, 5.41) is 2.82. The van der Waals surface area contributed by atoms with Gasteiger partial charge in [-0.05, 0) is 73.7 Å². The fourth-order valence-electron chi connectivity index (χ4n) is 2.82. The maximum absolute atomic E-state index is 12.3. The third kappa shape index (κ3) is 6.27. The first-order chi connectivity index (χ1) is 15.1. The van der Waals surface area contributed by atoms with Gasteiger partial charge in [0.05, 0.1) is 20.8 Å². The van der Waals surface area contributed by atoms with E-state index in [4.69, 9.17) is 18.9 Å². The first kappa shape index (κ1) is 21.8. The molecule has 0 unspecified atom stereocenters. The van der Waals surface area contributed by atoms with Crippen LogP contribution in [0, 0.1) is 0 Å². The lowest BCUT2D eigenvalue weighted by atomic mass is 10.1. The molecule has 0 bridgehead atoms. The Labute approximate surface area is 182 Å². The Hall–Kier alpha value is -3.93. The topological polar surface area (TPSA) is 66.0 Å². The van der Waals surface area contributed by atoms with Gasteiger partial charge in [0.25, 0.3) is 0 Å². The first-order valence-corrected chi connectivity index (χ1v) is 9.83. The van der Waals surface area contributed by atoms with Crippen LogP contribution in [0.4, 0.5) is 5.69 Å². The minimum atomic E-state index is -0.252. The molecule has 1 N–H and O–H groups in total. The molecule has 0 aliphatic rings. The highest BCUT2D eigenvalue weighted by atomic mass is 16.5. The summed E-state index contributed by atoms with van der Waals surface area (Å²) in [5.74, 6) is 3.23. The number of nitrogens with one attached hydrogen (secondary N) is 1. The van der Waals surface area contributed by atoms with E-state index in [9.17, 15) is 4.79 Å². The van der Waals surface area contributed by atoms with Gasteiger partial charge >= 0.3 is 0 Å². The predicted octanol–water partition coefficient (Wildman–Crippen LogP) is 5.55. The summed E-state index contributed by atoms with van der Waals surface area (Å²) in [6.45, 7) is 2.56. The highest BCUT2D eigenvalue weighted by Gasteiger charge is 2.04. The minimum Gasteiger partial charge on any atom is -0.497 e. The molecule has 0 spiro atoms. The van der Waals surface area contributed by atoms with Crippen molar-refractivity contribution < 1.29 is 23.7 Å². The SMILES string of the molecule is CCOc1ccc(Oc2ccc(NC(=O)/C=C/c3ccc(OC)cc3OC)cc2)cc1. The van der Waals surface area contributed by atoms with Crippen LogP contribution in [-0.2, 0) is 4.79 Å². The lowest BCUT2D eigenvalue weighted by Gasteiger charge is -2.09. The molecule has 0 aliphatic carbocycles. The third-order valence-corrected chi connectivity index (χ3v) is 4.35. The summed E-state index contributed by atoms with van der Waals surface area (Å²) < 4.78 is 21.8. The zero-order chi connectivity index (χ0) is 22.1. The monoisotopic (exact) mass is 419 g/mol. The second kappa shape index (κ2) is 10.7. The van der Waals surface area contributed by atoms with Crippen LogP contribution in [0.15, 0.2) is 72.8 Å². The van der Waals surface area contributed by atoms with Crippen molar-refractivity contribution >= 4 is 17.7 Å². The molecule has 31 heavy (non-hydrogen) atoms. The minimum absolute atomic E-state index is 0.252. The number of hydrogen-bond acceptors (Lipinski definition) is 5. The van der Waals surface area contributed by atoms with Crippen LogP contribution in [-0.4, -0.2) is 26.7 Å². The van der Waals surface area contributed by atoms with Gasteiger partial charge in [0.1, 0.15) is 28.7 Å². The molecule has 3 rings (SSSR count). The number of hydrogen-bond donors (Lipinski definition) is 1. The molecule has 0 radical (unpaired) electrons. The molecule has 0 aromatic heterocycles. The van der Waals surface area contributed by atoms with Crippen molar-refractivity contribution in [3.05, 3.63) is 78.4 Å². The summed E-state index contributed by atoms with van der Waals surface area (Å²) in [5.41, 5.74) is 1.44. The smallest absolute Gasteiger partial charge is 0.248 e. The van der Waals surface area contributed by atoms with Gasteiger partial charge in [0.15, 0.2) is 0 Å². The fourth-order valence-corrected chi connectivity index (χ4v) is 2.82. The maximum Gasteiger partial charge on any atom is 0.248 e. The average Bonchev–Trinajstić information content (AvgIpc) is 2.80. The molecule has 1 amide bonds. The van der Waals surface area contributed by atoms with E-state index in [0.29, 0.717) is 35.3 Å². The molecule has 6 nitrogen and oxygen atoms in total. The average molecular weight is 419 g/mol. The van der Waals surface area contributed by atoms with Crippen molar-refractivity contribution in [2.45, 2.75) is 6.92 Å². The number of carbonyl (C=O) groups excluding carboxylic acids is 1. The van der Waals surface area contributed by atoms with E-state index in [0.717, 1.165) is 11.3 Å². The Morgan fingerprint density at radius 3 is 2.06 bits per heavy atom. The highest BCUT2D eigenvalue weighted by molar-refractivity contribution is 6.02. The molecule has 3 aromatic rings. The van der Waals surface area contributed by atoms with Crippen molar-refractivity contribution in [1.82, 2.24) is 0 Å². The van der Waals surface area contributed by atoms with Crippen LogP contribution < -0.4 is 24.3 Å². The number of amides is 1. The van der Waals surface area contributed by atoms with Crippen molar-refractivity contribution in [3.8, 4) is 28.7 Å². The molecule has 0 heterocycles. The fraction of sp³-hybridized carbons (Fsp3) is 0.160. The van der Waals surface area contributed by atoms with Gasteiger partial charge in [-0.2, -0.15) is 0 Å². The number of methoxy groups -OCH3 is 2. The highest BCUT2D eigenvalue weighted by Crippen LogP contribution is 2.26. The number of rotatable bonds is 9. The molecular formula is C25H25NO5. The summed E-state index contributed by atoms with van der Waals surface area (Å²) in [6, 6.07) is 20.0. The van der Waals surface area contributed by atoms with Gasteiger partial charge in [-0.1, -0.05) is 0 Å². The number of ether oxygens (including phenoxy) is 4. The van der Waals surface area contributed by atoms with Gasteiger partial charge < -0.3 is 24.3 Å². The Morgan fingerprint density at radius 1 is 0.839 bits per heavy atom. The standard InChI is InChI=1S/C25H25NO5/c1-4-30-20-12-14-22(15-13-20)31-21-10-7-19(8-11-21)26-25(27)16-6-18-5-9-23(28-2)17-24(18)29-3/h5-17H,4H2,1-3H3,(H,26,27)/b16-6+. The number of carbonyl (C=O) groups is 1. The molecule has 3 aromatic carbocycles. The van der Waals surface area contributed by atoms with E-state index >= 15 is 0 Å².